The molecule has 94 valence electrons. The molecule has 0 aromatic heterocycles. The van der Waals surface area contributed by atoms with Crippen molar-refractivity contribution >= 4 is 5.91 Å². The number of carbonyl (C=O) groups excluding carboxylic acids is 1. The zero-order valence-electron chi connectivity index (χ0n) is 9.67. The van der Waals surface area contributed by atoms with E-state index in [1.54, 1.807) is 19.1 Å². The summed E-state index contributed by atoms with van der Waals surface area (Å²) < 4.78 is 5.39. The summed E-state index contributed by atoms with van der Waals surface area (Å²) in [5.41, 5.74) is 0. The van der Waals surface area contributed by atoms with E-state index in [9.17, 15) is 4.79 Å². The van der Waals surface area contributed by atoms with Crippen LogP contribution in [0.15, 0.2) is 30.3 Å². The molecule has 0 bridgehead atoms. The van der Waals surface area contributed by atoms with Crippen LogP contribution < -0.4 is 10.1 Å². The fourth-order valence-electron chi connectivity index (χ4n) is 1.18. The van der Waals surface area contributed by atoms with Crippen molar-refractivity contribution in [1.82, 2.24) is 5.32 Å². The molecule has 2 unspecified atom stereocenters. The number of carbonyl (C=O) groups is 1. The van der Waals surface area contributed by atoms with E-state index in [4.69, 9.17) is 14.9 Å². The smallest absolute Gasteiger partial charge is 0.260 e. The van der Waals surface area contributed by atoms with Gasteiger partial charge in [0.1, 0.15) is 5.75 Å². The average Bonchev–Trinajstić information content (AvgIpc) is 2.36. The Bertz CT molecular complexity index is 342. The third kappa shape index (κ3) is 4.84. The van der Waals surface area contributed by atoms with Crippen molar-refractivity contribution < 1.29 is 19.7 Å². The fourth-order valence-corrected chi connectivity index (χ4v) is 1.18. The van der Waals surface area contributed by atoms with Crippen LogP contribution in [0.4, 0.5) is 0 Å². The molecule has 2 atom stereocenters. The largest absolute Gasteiger partial charge is 0.481 e. The minimum atomic E-state index is -0.942. The van der Waals surface area contributed by atoms with Crippen molar-refractivity contribution in [1.29, 1.82) is 0 Å². The first kappa shape index (κ1) is 13.5. The van der Waals surface area contributed by atoms with Crippen LogP contribution in [0, 0.1) is 0 Å². The summed E-state index contributed by atoms with van der Waals surface area (Å²) in [6.45, 7) is 1.25. The Hall–Kier alpha value is -1.59. The van der Waals surface area contributed by atoms with Gasteiger partial charge in [0.15, 0.2) is 6.10 Å². The maximum Gasteiger partial charge on any atom is 0.260 e. The Labute approximate surface area is 100 Å². The summed E-state index contributed by atoms with van der Waals surface area (Å²) in [5.74, 6) is 0.277. The lowest BCUT2D eigenvalue weighted by Gasteiger charge is -2.15. The zero-order chi connectivity index (χ0) is 12.7. The average molecular weight is 239 g/mol. The predicted octanol–water partition coefficient (Wildman–Crippen LogP) is -0.0767. The molecule has 0 fully saturated rings. The highest BCUT2D eigenvalue weighted by Crippen LogP contribution is 2.10. The van der Waals surface area contributed by atoms with Crippen LogP contribution in [0.25, 0.3) is 0 Å². The normalized spacial score (nSPS) is 13.8. The zero-order valence-corrected chi connectivity index (χ0v) is 9.67. The minimum absolute atomic E-state index is 0.0117. The molecular formula is C12H17NO4. The van der Waals surface area contributed by atoms with Gasteiger partial charge in [-0.1, -0.05) is 18.2 Å². The molecule has 0 heterocycles. The molecule has 1 aromatic carbocycles. The van der Waals surface area contributed by atoms with Gasteiger partial charge in [-0.2, -0.15) is 0 Å². The molecule has 0 radical (unpaired) electrons. The minimum Gasteiger partial charge on any atom is -0.481 e. The van der Waals surface area contributed by atoms with Gasteiger partial charge in [-0.3, -0.25) is 4.79 Å². The molecule has 5 heteroatoms. The van der Waals surface area contributed by atoms with Gasteiger partial charge in [0.2, 0.25) is 0 Å². The third-order valence-electron chi connectivity index (χ3n) is 2.15. The van der Waals surface area contributed by atoms with Crippen LogP contribution in [-0.2, 0) is 4.79 Å². The highest BCUT2D eigenvalue weighted by molar-refractivity contribution is 5.80. The van der Waals surface area contributed by atoms with Crippen LogP contribution in [-0.4, -0.2) is 41.5 Å². The third-order valence-corrected chi connectivity index (χ3v) is 2.15. The number of para-hydroxylation sites is 1. The molecule has 3 N–H and O–H groups in total. The Morgan fingerprint density at radius 3 is 2.65 bits per heavy atom. The highest BCUT2D eigenvalue weighted by atomic mass is 16.5. The van der Waals surface area contributed by atoms with Gasteiger partial charge >= 0.3 is 0 Å². The van der Waals surface area contributed by atoms with E-state index in [1.165, 1.54) is 0 Å². The number of aliphatic hydroxyl groups is 2. The number of aliphatic hydroxyl groups excluding tert-OH is 2. The molecule has 0 saturated heterocycles. The molecule has 0 aliphatic heterocycles. The van der Waals surface area contributed by atoms with Crippen molar-refractivity contribution in [3.63, 3.8) is 0 Å². The van der Waals surface area contributed by atoms with Gasteiger partial charge in [-0.05, 0) is 19.1 Å². The molecular weight excluding hydrogens is 222 g/mol. The van der Waals surface area contributed by atoms with Gasteiger partial charge in [0.25, 0.3) is 5.91 Å². The number of hydrogen-bond acceptors (Lipinski definition) is 4. The summed E-state index contributed by atoms with van der Waals surface area (Å²) in [7, 11) is 0. The lowest BCUT2D eigenvalue weighted by molar-refractivity contribution is -0.127. The van der Waals surface area contributed by atoms with E-state index in [0.29, 0.717) is 5.75 Å². The van der Waals surface area contributed by atoms with Crippen LogP contribution in [0.1, 0.15) is 6.92 Å². The van der Waals surface area contributed by atoms with Gasteiger partial charge in [0, 0.05) is 6.54 Å². The van der Waals surface area contributed by atoms with E-state index in [2.05, 4.69) is 5.32 Å². The Kier molecular flexibility index (Phi) is 5.45. The summed E-state index contributed by atoms with van der Waals surface area (Å²) in [4.78, 5) is 11.5. The molecule has 1 amide bonds. The highest BCUT2D eigenvalue weighted by Gasteiger charge is 2.15. The standard InChI is InChI=1S/C12H17NO4/c1-9(12(16)13-7-10(15)8-14)17-11-5-3-2-4-6-11/h2-6,9-10,14-15H,7-8H2,1H3,(H,13,16). The van der Waals surface area contributed by atoms with E-state index in [-0.39, 0.29) is 19.1 Å². The first-order valence-electron chi connectivity index (χ1n) is 5.42. The lowest BCUT2D eigenvalue weighted by Crippen LogP contribution is -2.41. The number of benzene rings is 1. The monoisotopic (exact) mass is 239 g/mol. The van der Waals surface area contributed by atoms with Crippen molar-refractivity contribution in [3.8, 4) is 5.75 Å². The number of hydrogen-bond donors (Lipinski definition) is 3. The number of rotatable bonds is 6. The SMILES string of the molecule is CC(Oc1ccccc1)C(=O)NCC(O)CO. The number of nitrogens with one attached hydrogen (secondary N) is 1. The van der Waals surface area contributed by atoms with E-state index < -0.39 is 12.2 Å². The molecule has 5 nitrogen and oxygen atoms in total. The second-order valence-corrected chi connectivity index (χ2v) is 3.65. The first-order valence-corrected chi connectivity index (χ1v) is 5.42. The predicted molar refractivity (Wildman–Crippen MR) is 62.6 cm³/mol. The van der Waals surface area contributed by atoms with Crippen molar-refractivity contribution in [2.45, 2.75) is 19.1 Å². The first-order chi connectivity index (χ1) is 8.13. The van der Waals surface area contributed by atoms with Crippen LogP contribution in [0.2, 0.25) is 0 Å². The summed E-state index contributed by atoms with van der Waals surface area (Å²) in [6, 6.07) is 9.00. The van der Waals surface area contributed by atoms with E-state index >= 15 is 0 Å². The lowest BCUT2D eigenvalue weighted by atomic mass is 10.3. The van der Waals surface area contributed by atoms with E-state index in [1.807, 2.05) is 18.2 Å². The van der Waals surface area contributed by atoms with Crippen LogP contribution in [0.5, 0.6) is 5.75 Å². The van der Waals surface area contributed by atoms with Gasteiger partial charge in [0.05, 0.1) is 12.7 Å². The summed E-state index contributed by atoms with van der Waals surface area (Å²) >= 11 is 0. The Balaban J connectivity index is 2.37. The molecule has 0 aliphatic carbocycles. The maximum atomic E-state index is 11.5. The summed E-state index contributed by atoms with van der Waals surface area (Å²) in [6.07, 6.45) is -1.59. The topological polar surface area (TPSA) is 78.8 Å². The van der Waals surface area contributed by atoms with Crippen molar-refractivity contribution in [2.24, 2.45) is 0 Å². The quantitative estimate of drug-likeness (QED) is 0.649. The second kappa shape index (κ2) is 6.88. The van der Waals surface area contributed by atoms with Crippen LogP contribution in [0.3, 0.4) is 0 Å². The van der Waals surface area contributed by atoms with Gasteiger partial charge < -0.3 is 20.3 Å². The molecule has 0 spiro atoms. The molecule has 1 rings (SSSR count). The van der Waals surface area contributed by atoms with Crippen LogP contribution >= 0.6 is 0 Å². The fraction of sp³-hybridized carbons (Fsp3) is 0.417. The van der Waals surface area contributed by atoms with Crippen molar-refractivity contribution in [3.05, 3.63) is 30.3 Å². The van der Waals surface area contributed by atoms with Gasteiger partial charge in [-0.25, -0.2) is 0 Å². The van der Waals surface area contributed by atoms with Crippen molar-refractivity contribution in [2.75, 3.05) is 13.2 Å². The Morgan fingerprint density at radius 2 is 2.06 bits per heavy atom. The molecule has 0 aliphatic rings. The van der Waals surface area contributed by atoms with Gasteiger partial charge in [-0.15, -0.1) is 0 Å². The summed E-state index contributed by atoms with van der Waals surface area (Å²) in [5, 5.41) is 20.1. The van der Waals surface area contributed by atoms with E-state index in [0.717, 1.165) is 0 Å². The number of amides is 1. The second-order valence-electron chi connectivity index (χ2n) is 3.65. The molecule has 1 aromatic rings. The molecule has 17 heavy (non-hydrogen) atoms. The maximum absolute atomic E-state index is 11.5. The Morgan fingerprint density at radius 1 is 1.41 bits per heavy atom. The number of ether oxygens (including phenoxy) is 1. The molecule has 0 saturated carbocycles.